The minimum atomic E-state index is -0.442. The standard InChI is InChI=1S/C10H16N2/c1-4-6-7-10(3,9-11)12-8-5-2/h4-5,12H,1-2,6-8H2,3H3. The minimum absolute atomic E-state index is 0.442. The molecule has 0 aliphatic heterocycles. The largest absolute Gasteiger partial charge is 0.296 e. The highest BCUT2D eigenvalue weighted by molar-refractivity contribution is 5.05. The predicted octanol–water partition coefficient (Wildman–Crippen LogP) is 2.01. The van der Waals surface area contributed by atoms with Crippen molar-refractivity contribution in [2.24, 2.45) is 0 Å². The summed E-state index contributed by atoms with van der Waals surface area (Å²) in [6, 6.07) is 2.24. The molecule has 0 aromatic heterocycles. The van der Waals surface area contributed by atoms with E-state index >= 15 is 0 Å². The van der Waals surface area contributed by atoms with E-state index in [4.69, 9.17) is 5.26 Å². The Morgan fingerprint density at radius 2 is 2.17 bits per heavy atom. The Hall–Kier alpha value is -1.07. The molecule has 0 amide bonds. The van der Waals surface area contributed by atoms with Crippen LogP contribution in [0.5, 0.6) is 0 Å². The Morgan fingerprint density at radius 3 is 2.58 bits per heavy atom. The van der Waals surface area contributed by atoms with Crippen LogP contribution >= 0.6 is 0 Å². The van der Waals surface area contributed by atoms with Crippen LogP contribution in [0, 0.1) is 11.3 Å². The molecule has 0 aromatic rings. The van der Waals surface area contributed by atoms with Gasteiger partial charge < -0.3 is 0 Å². The van der Waals surface area contributed by atoms with Crippen LogP contribution in [0.3, 0.4) is 0 Å². The number of nitrogens with one attached hydrogen (secondary N) is 1. The summed E-state index contributed by atoms with van der Waals surface area (Å²) in [6.45, 7) is 9.76. The first-order valence-electron chi connectivity index (χ1n) is 4.06. The second kappa shape index (κ2) is 5.56. The summed E-state index contributed by atoms with van der Waals surface area (Å²) in [6.07, 6.45) is 5.23. The molecule has 0 rings (SSSR count). The van der Waals surface area contributed by atoms with Crippen molar-refractivity contribution in [3.8, 4) is 6.07 Å². The number of nitrogens with zero attached hydrogens (tertiary/aromatic N) is 1. The molecular weight excluding hydrogens is 148 g/mol. The van der Waals surface area contributed by atoms with Crippen molar-refractivity contribution in [1.82, 2.24) is 5.32 Å². The average Bonchev–Trinajstić information content (AvgIpc) is 2.11. The van der Waals surface area contributed by atoms with E-state index in [0.717, 1.165) is 12.8 Å². The van der Waals surface area contributed by atoms with Gasteiger partial charge >= 0.3 is 0 Å². The van der Waals surface area contributed by atoms with Gasteiger partial charge in [0.15, 0.2) is 0 Å². The molecule has 0 aliphatic carbocycles. The third-order valence-corrected chi connectivity index (χ3v) is 1.73. The molecule has 12 heavy (non-hydrogen) atoms. The first-order valence-corrected chi connectivity index (χ1v) is 4.06. The Labute approximate surface area is 74.6 Å². The van der Waals surface area contributed by atoms with Crippen molar-refractivity contribution in [2.45, 2.75) is 25.3 Å². The molecule has 1 N–H and O–H groups in total. The zero-order chi connectivity index (χ0) is 9.45. The van der Waals surface area contributed by atoms with Crippen LogP contribution in [0.1, 0.15) is 19.8 Å². The van der Waals surface area contributed by atoms with E-state index in [2.05, 4.69) is 24.5 Å². The number of hydrogen-bond donors (Lipinski definition) is 1. The predicted molar refractivity (Wildman–Crippen MR) is 51.6 cm³/mol. The van der Waals surface area contributed by atoms with Gasteiger partial charge in [-0.15, -0.1) is 13.2 Å². The number of hydrogen-bond acceptors (Lipinski definition) is 2. The van der Waals surface area contributed by atoms with Gasteiger partial charge in [0.25, 0.3) is 0 Å². The molecule has 1 atom stereocenters. The fourth-order valence-corrected chi connectivity index (χ4v) is 0.872. The van der Waals surface area contributed by atoms with Gasteiger partial charge in [0.05, 0.1) is 6.07 Å². The van der Waals surface area contributed by atoms with E-state index in [9.17, 15) is 0 Å². The van der Waals surface area contributed by atoms with E-state index < -0.39 is 5.54 Å². The topological polar surface area (TPSA) is 35.8 Å². The van der Waals surface area contributed by atoms with Gasteiger partial charge in [-0.05, 0) is 19.8 Å². The van der Waals surface area contributed by atoms with E-state index in [1.54, 1.807) is 6.08 Å². The molecule has 2 nitrogen and oxygen atoms in total. The van der Waals surface area contributed by atoms with Crippen molar-refractivity contribution in [2.75, 3.05) is 6.54 Å². The van der Waals surface area contributed by atoms with Crippen LogP contribution in [0.4, 0.5) is 0 Å². The molecule has 0 radical (unpaired) electrons. The van der Waals surface area contributed by atoms with Crippen LogP contribution in [0.25, 0.3) is 0 Å². The number of rotatable bonds is 6. The molecule has 0 fully saturated rings. The summed E-state index contributed by atoms with van der Waals surface area (Å²) in [5, 5.41) is 12.0. The zero-order valence-corrected chi connectivity index (χ0v) is 7.64. The normalized spacial score (nSPS) is 14.3. The van der Waals surface area contributed by atoms with Crippen LogP contribution in [-0.2, 0) is 0 Å². The quantitative estimate of drug-likeness (QED) is 0.609. The molecule has 0 saturated heterocycles. The van der Waals surface area contributed by atoms with Crippen molar-refractivity contribution in [3.05, 3.63) is 25.3 Å². The van der Waals surface area contributed by atoms with Gasteiger partial charge in [-0.3, -0.25) is 5.32 Å². The summed E-state index contributed by atoms with van der Waals surface area (Å²) in [5.41, 5.74) is -0.442. The monoisotopic (exact) mass is 164 g/mol. The average molecular weight is 164 g/mol. The van der Waals surface area contributed by atoms with Crippen LogP contribution in [0.15, 0.2) is 25.3 Å². The van der Waals surface area contributed by atoms with Gasteiger partial charge in [-0.2, -0.15) is 5.26 Å². The summed E-state index contributed by atoms with van der Waals surface area (Å²) in [7, 11) is 0. The maximum atomic E-state index is 8.86. The second-order valence-electron chi connectivity index (χ2n) is 2.94. The molecule has 0 saturated carbocycles. The van der Waals surface area contributed by atoms with Crippen molar-refractivity contribution >= 4 is 0 Å². The fraction of sp³-hybridized carbons (Fsp3) is 0.500. The van der Waals surface area contributed by atoms with Gasteiger partial charge in [-0.25, -0.2) is 0 Å². The van der Waals surface area contributed by atoms with Crippen molar-refractivity contribution in [1.29, 1.82) is 5.26 Å². The Morgan fingerprint density at radius 1 is 1.50 bits per heavy atom. The van der Waals surface area contributed by atoms with E-state index in [0.29, 0.717) is 6.54 Å². The highest BCUT2D eigenvalue weighted by Crippen LogP contribution is 2.10. The molecular formula is C10H16N2. The molecule has 66 valence electrons. The van der Waals surface area contributed by atoms with Crippen LogP contribution in [-0.4, -0.2) is 12.1 Å². The summed E-state index contributed by atoms with van der Waals surface area (Å²) in [5.74, 6) is 0. The number of nitriles is 1. The fourth-order valence-electron chi connectivity index (χ4n) is 0.872. The molecule has 0 bridgehead atoms. The van der Waals surface area contributed by atoms with E-state index in [1.807, 2.05) is 13.0 Å². The molecule has 2 heteroatoms. The lowest BCUT2D eigenvalue weighted by atomic mass is 9.98. The maximum Gasteiger partial charge on any atom is 0.104 e. The van der Waals surface area contributed by atoms with Gasteiger partial charge in [-0.1, -0.05) is 12.2 Å². The van der Waals surface area contributed by atoms with E-state index in [-0.39, 0.29) is 0 Å². The Bertz CT molecular complexity index is 177. The lowest BCUT2D eigenvalue weighted by molar-refractivity contribution is 0.442. The lowest BCUT2D eigenvalue weighted by Gasteiger charge is -2.21. The summed E-state index contributed by atoms with van der Waals surface area (Å²) in [4.78, 5) is 0. The highest BCUT2D eigenvalue weighted by atomic mass is 14.9. The van der Waals surface area contributed by atoms with Crippen molar-refractivity contribution in [3.63, 3.8) is 0 Å². The first-order chi connectivity index (χ1) is 5.68. The Kier molecular flexibility index (Phi) is 5.07. The molecule has 0 aromatic carbocycles. The zero-order valence-electron chi connectivity index (χ0n) is 7.64. The SMILES string of the molecule is C=CCCC(C)(C#N)NCC=C. The smallest absolute Gasteiger partial charge is 0.104 e. The molecule has 1 unspecified atom stereocenters. The number of allylic oxidation sites excluding steroid dienone is 1. The molecule has 0 aliphatic rings. The molecule has 0 heterocycles. The molecule has 0 spiro atoms. The highest BCUT2D eigenvalue weighted by Gasteiger charge is 2.20. The van der Waals surface area contributed by atoms with Crippen LogP contribution < -0.4 is 5.32 Å². The van der Waals surface area contributed by atoms with E-state index in [1.165, 1.54) is 0 Å². The van der Waals surface area contributed by atoms with Crippen molar-refractivity contribution < 1.29 is 0 Å². The maximum absolute atomic E-state index is 8.86. The minimum Gasteiger partial charge on any atom is -0.296 e. The summed E-state index contributed by atoms with van der Waals surface area (Å²) < 4.78 is 0. The first kappa shape index (κ1) is 10.9. The third-order valence-electron chi connectivity index (χ3n) is 1.73. The second-order valence-corrected chi connectivity index (χ2v) is 2.94. The Balaban J connectivity index is 3.96. The van der Waals surface area contributed by atoms with Gasteiger partial charge in [0.1, 0.15) is 5.54 Å². The lowest BCUT2D eigenvalue weighted by Crippen LogP contribution is -2.40. The van der Waals surface area contributed by atoms with Gasteiger partial charge in [0.2, 0.25) is 0 Å². The van der Waals surface area contributed by atoms with Crippen LogP contribution in [0.2, 0.25) is 0 Å². The summed E-state index contributed by atoms with van der Waals surface area (Å²) >= 11 is 0. The third kappa shape index (κ3) is 3.95. The van der Waals surface area contributed by atoms with Gasteiger partial charge in [0, 0.05) is 6.54 Å².